The first kappa shape index (κ1) is 22.5. The first-order valence-corrected chi connectivity index (χ1v) is 12.5. The molecule has 0 radical (unpaired) electrons. The standard InChI is InChI=1S/C26H26N2O5S/c1-2-17-6-10-21(11-7-17)33-34(31)28-20-5-3-4-19(16-20)22(18-8-9-18)23-24(29)26(32-25(23)30)12-14-27-15-13-26/h1,3-7,10-11,16,18,22,27-29H,8-9,12-15H2. The van der Waals surface area contributed by atoms with Crippen LogP contribution in [0.5, 0.6) is 5.75 Å². The van der Waals surface area contributed by atoms with Gasteiger partial charge in [0, 0.05) is 30.0 Å². The molecule has 0 aromatic heterocycles. The predicted molar refractivity (Wildman–Crippen MR) is 129 cm³/mol. The van der Waals surface area contributed by atoms with Crippen molar-refractivity contribution in [3.63, 3.8) is 0 Å². The number of esters is 1. The monoisotopic (exact) mass is 478 g/mol. The maximum Gasteiger partial charge on any atom is 0.339 e. The lowest BCUT2D eigenvalue weighted by molar-refractivity contribution is -0.150. The average molecular weight is 479 g/mol. The van der Waals surface area contributed by atoms with Gasteiger partial charge in [-0.05, 0) is 73.8 Å². The summed E-state index contributed by atoms with van der Waals surface area (Å²) in [5.41, 5.74) is 1.62. The van der Waals surface area contributed by atoms with E-state index in [-0.39, 0.29) is 17.6 Å². The summed E-state index contributed by atoms with van der Waals surface area (Å²) in [4.78, 5) is 13.0. The molecule has 176 valence electrons. The lowest BCUT2D eigenvalue weighted by Crippen LogP contribution is -2.43. The number of benzene rings is 2. The number of hydrogen-bond acceptors (Lipinski definition) is 6. The van der Waals surface area contributed by atoms with E-state index >= 15 is 0 Å². The zero-order valence-electron chi connectivity index (χ0n) is 18.6. The molecule has 1 saturated carbocycles. The predicted octanol–water partition coefficient (Wildman–Crippen LogP) is 3.72. The van der Waals surface area contributed by atoms with Crippen LogP contribution in [0.25, 0.3) is 0 Å². The van der Waals surface area contributed by atoms with Crippen molar-refractivity contribution in [2.24, 2.45) is 5.92 Å². The van der Waals surface area contributed by atoms with Crippen LogP contribution in [0.3, 0.4) is 0 Å². The lowest BCUT2D eigenvalue weighted by Gasteiger charge is -2.32. The highest BCUT2D eigenvalue weighted by Crippen LogP contribution is 2.52. The number of aliphatic hydroxyl groups excluding tert-OH is 1. The van der Waals surface area contributed by atoms with Gasteiger partial charge in [0.25, 0.3) is 0 Å². The van der Waals surface area contributed by atoms with Crippen LogP contribution in [0.15, 0.2) is 59.9 Å². The van der Waals surface area contributed by atoms with Crippen LogP contribution < -0.4 is 14.2 Å². The lowest BCUT2D eigenvalue weighted by atomic mass is 9.82. The van der Waals surface area contributed by atoms with Gasteiger partial charge in [0.1, 0.15) is 11.5 Å². The van der Waals surface area contributed by atoms with Crippen LogP contribution >= 0.6 is 0 Å². The van der Waals surface area contributed by atoms with E-state index < -0.39 is 22.8 Å². The second-order valence-electron chi connectivity index (χ2n) is 8.93. The Bertz CT molecular complexity index is 1190. The third-order valence-electron chi connectivity index (χ3n) is 6.65. The largest absolute Gasteiger partial charge is 0.507 e. The zero-order valence-corrected chi connectivity index (χ0v) is 19.4. The third-order valence-corrected chi connectivity index (χ3v) is 7.40. The molecular formula is C26H26N2O5S. The molecule has 2 unspecified atom stereocenters. The van der Waals surface area contributed by atoms with Crippen molar-refractivity contribution in [2.75, 3.05) is 17.8 Å². The van der Waals surface area contributed by atoms with E-state index in [1.807, 2.05) is 18.2 Å². The Hall–Kier alpha value is -3.28. The molecule has 8 heteroatoms. The SMILES string of the molecule is C#Cc1ccc(OS(=O)Nc2cccc(C(C3=C(O)C4(CCNCC4)OC3=O)C3CC3)c2)cc1. The molecule has 5 rings (SSSR count). The fraction of sp³-hybridized carbons (Fsp3) is 0.346. The normalized spacial score (nSPS) is 21.0. The summed E-state index contributed by atoms with van der Waals surface area (Å²) >= 11 is -1.83. The highest BCUT2D eigenvalue weighted by Gasteiger charge is 2.52. The Kier molecular flexibility index (Phi) is 6.07. The topological polar surface area (TPSA) is 96.9 Å². The Labute approximate surface area is 201 Å². The molecule has 1 saturated heterocycles. The summed E-state index contributed by atoms with van der Waals surface area (Å²) in [5.74, 6) is 2.58. The van der Waals surface area contributed by atoms with Crippen LogP contribution in [0.4, 0.5) is 5.69 Å². The maximum atomic E-state index is 13.0. The van der Waals surface area contributed by atoms with Gasteiger partial charge >= 0.3 is 17.2 Å². The van der Waals surface area contributed by atoms with Gasteiger partial charge in [0.15, 0.2) is 5.60 Å². The van der Waals surface area contributed by atoms with Gasteiger partial charge in [-0.25, -0.2) is 4.79 Å². The molecule has 3 aliphatic rings. The molecule has 2 fully saturated rings. The van der Waals surface area contributed by atoms with Gasteiger partial charge in [-0.3, -0.25) is 4.72 Å². The van der Waals surface area contributed by atoms with Crippen molar-refractivity contribution >= 4 is 22.9 Å². The molecule has 0 bridgehead atoms. The number of nitrogens with one attached hydrogen (secondary N) is 2. The first-order valence-electron chi connectivity index (χ1n) is 11.4. The number of aliphatic hydroxyl groups is 1. The Morgan fingerprint density at radius 1 is 1.21 bits per heavy atom. The van der Waals surface area contributed by atoms with Gasteiger partial charge in [-0.15, -0.1) is 6.42 Å². The number of piperidine rings is 1. The zero-order chi connectivity index (χ0) is 23.7. The highest BCUT2D eigenvalue weighted by molar-refractivity contribution is 7.81. The van der Waals surface area contributed by atoms with Gasteiger partial charge in [0.05, 0.1) is 5.57 Å². The van der Waals surface area contributed by atoms with Crippen molar-refractivity contribution in [3.8, 4) is 18.1 Å². The molecule has 1 aliphatic carbocycles. The quantitative estimate of drug-likeness (QED) is 0.415. The van der Waals surface area contributed by atoms with Crippen molar-refractivity contribution in [1.29, 1.82) is 0 Å². The van der Waals surface area contributed by atoms with E-state index in [1.165, 1.54) is 0 Å². The molecule has 2 aliphatic heterocycles. The molecule has 2 heterocycles. The molecule has 3 N–H and O–H groups in total. The van der Waals surface area contributed by atoms with E-state index in [4.69, 9.17) is 15.3 Å². The summed E-state index contributed by atoms with van der Waals surface area (Å²) in [5, 5.41) is 14.4. The van der Waals surface area contributed by atoms with E-state index in [0.29, 0.717) is 48.5 Å². The molecule has 0 amide bonds. The molecule has 7 nitrogen and oxygen atoms in total. The Morgan fingerprint density at radius 3 is 2.62 bits per heavy atom. The number of carbonyl (C=O) groups is 1. The van der Waals surface area contributed by atoms with Crippen molar-refractivity contribution < 1.29 is 23.0 Å². The Morgan fingerprint density at radius 2 is 1.94 bits per heavy atom. The van der Waals surface area contributed by atoms with Gasteiger partial charge < -0.3 is 19.3 Å². The van der Waals surface area contributed by atoms with Crippen LogP contribution in [0.2, 0.25) is 0 Å². The van der Waals surface area contributed by atoms with Gasteiger partial charge in [-0.1, -0.05) is 18.1 Å². The van der Waals surface area contributed by atoms with Crippen molar-refractivity contribution in [1.82, 2.24) is 5.32 Å². The summed E-state index contributed by atoms with van der Waals surface area (Å²) in [6.07, 6.45) is 8.43. The van der Waals surface area contributed by atoms with Crippen LogP contribution in [-0.4, -0.2) is 34.0 Å². The second-order valence-corrected chi connectivity index (χ2v) is 9.77. The van der Waals surface area contributed by atoms with Gasteiger partial charge in [-0.2, -0.15) is 4.21 Å². The van der Waals surface area contributed by atoms with Crippen LogP contribution in [-0.2, 0) is 20.8 Å². The summed E-state index contributed by atoms with van der Waals surface area (Å²) in [7, 11) is 0. The fourth-order valence-electron chi connectivity index (χ4n) is 4.78. The third kappa shape index (κ3) is 4.41. The van der Waals surface area contributed by atoms with Crippen molar-refractivity contribution in [3.05, 3.63) is 71.0 Å². The highest BCUT2D eigenvalue weighted by atomic mass is 32.2. The van der Waals surface area contributed by atoms with Crippen LogP contribution in [0.1, 0.15) is 42.7 Å². The number of rotatable bonds is 7. The number of ether oxygens (including phenoxy) is 1. The summed E-state index contributed by atoms with van der Waals surface area (Å²) < 4.78 is 26.6. The number of terminal acetylenes is 1. The number of anilines is 1. The minimum absolute atomic E-state index is 0.0802. The molecule has 2 aromatic rings. The molecule has 1 spiro atoms. The molecule has 2 aromatic carbocycles. The minimum Gasteiger partial charge on any atom is -0.507 e. The van der Waals surface area contributed by atoms with E-state index in [9.17, 15) is 14.1 Å². The smallest absolute Gasteiger partial charge is 0.339 e. The number of hydrogen-bond donors (Lipinski definition) is 3. The van der Waals surface area contributed by atoms with E-state index in [0.717, 1.165) is 18.4 Å². The second kappa shape index (κ2) is 9.16. The molecule has 34 heavy (non-hydrogen) atoms. The van der Waals surface area contributed by atoms with Crippen molar-refractivity contribution in [2.45, 2.75) is 37.2 Å². The van der Waals surface area contributed by atoms with Gasteiger partial charge in [0.2, 0.25) is 0 Å². The first-order chi connectivity index (χ1) is 16.5. The average Bonchev–Trinajstić information content (AvgIpc) is 3.65. The Balaban J connectivity index is 1.37. The summed E-state index contributed by atoms with van der Waals surface area (Å²) in [6, 6.07) is 14.1. The minimum atomic E-state index is -1.83. The fourth-order valence-corrected chi connectivity index (χ4v) is 5.42. The number of carbonyl (C=O) groups excluding carboxylic acids is 1. The van der Waals surface area contributed by atoms with E-state index in [2.05, 4.69) is 16.0 Å². The van der Waals surface area contributed by atoms with Crippen LogP contribution in [0, 0.1) is 18.3 Å². The molecule has 2 atom stereocenters. The maximum absolute atomic E-state index is 13.0. The molecular weight excluding hydrogens is 452 g/mol. The summed E-state index contributed by atoms with van der Waals surface area (Å²) in [6.45, 7) is 1.38. The van der Waals surface area contributed by atoms with E-state index in [1.54, 1.807) is 30.3 Å².